The molecule has 12 heteroatoms. The van der Waals surface area contributed by atoms with Crippen molar-refractivity contribution in [1.29, 1.82) is 0 Å². The predicted molar refractivity (Wildman–Crippen MR) is 191 cm³/mol. The molecular weight excluding hydrogens is 637 g/mol. The van der Waals surface area contributed by atoms with Crippen LogP contribution in [0.2, 0.25) is 0 Å². The van der Waals surface area contributed by atoms with Gasteiger partial charge in [0.25, 0.3) is 5.91 Å². The molecule has 0 unspecified atom stereocenters. The molecule has 2 aromatic rings. The number of para-hydroxylation sites is 1. The number of aliphatic hydroxyl groups excluding tert-OH is 1. The van der Waals surface area contributed by atoms with Gasteiger partial charge in [-0.2, -0.15) is 8.42 Å². The zero-order valence-corrected chi connectivity index (χ0v) is 29.8. The molecule has 10 nitrogen and oxygen atoms in total. The van der Waals surface area contributed by atoms with E-state index in [1.165, 1.54) is 11.8 Å². The van der Waals surface area contributed by atoms with Crippen molar-refractivity contribution in [1.82, 2.24) is 10.6 Å². The van der Waals surface area contributed by atoms with Gasteiger partial charge >= 0.3 is 0 Å². The SMILES string of the molecule is COc1ccc2c(c1)SC[C@@H](NC(=O)CC(C)(C)NC[C@@H](C)O)C(=O)N2CC1=CC=C(c2ccccc2NC(C)(C)C)C(=S(=O)=O)C1. The average molecular weight is 683 g/mol. The van der Waals surface area contributed by atoms with E-state index in [-0.39, 0.29) is 41.6 Å². The molecule has 0 saturated heterocycles. The number of amides is 2. The van der Waals surface area contributed by atoms with Crippen LogP contribution in [0.3, 0.4) is 0 Å². The molecule has 254 valence electrons. The first-order valence-corrected chi connectivity index (χ1v) is 17.7. The van der Waals surface area contributed by atoms with E-state index in [4.69, 9.17) is 4.74 Å². The first kappa shape index (κ1) is 36.3. The lowest BCUT2D eigenvalue weighted by Gasteiger charge is -2.30. The normalized spacial score (nSPS) is 17.6. The van der Waals surface area contributed by atoms with E-state index in [0.29, 0.717) is 29.3 Å². The van der Waals surface area contributed by atoms with Crippen LogP contribution < -0.4 is 25.6 Å². The summed E-state index contributed by atoms with van der Waals surface area (Å²) in [6, 6.07) is 12.3. The van der Waals surface area contributed by atoms with E-state index < -0.39 is 28.0 Å². The van der Waals surface area contributed by atoms with Gasteiger partial charge < -0.3 is 30.7 Å². The minimum absolute atomic E-state index is 0.104. The van der Waals surface area contributed by atoms with Gasteiger partial charge in [-0.3, -0.25) is 9.59 Å². The third-order valence-electron chi connectivity index (χ3n) is 7.70. The number of methoxy groups -OCH3 is 1. The first-order chi connectivity index (χ1) is 22.1. The molecule has 0 fully saturated rings. The van der Waals surface area contributed by atoms with Gasteiger partial charge in [-0.05, 0) is 71.4 Å². The monoisotopic (exact) mass is 682 g/mol. The second-order valence-corrected chi connectivity index (χ2v) is 15.7. The van der Waals surface area contributed by atoms with Crippen molar-refractivity contribution in [3.05, 3.63) is 65.8 Å². The fourth-order valence-electron chi connectivity index (χ4n) is 5.50. The van der Waals surface area contributed by atoms with Crippen LogP contribution in [0.4, 0.5) is 11.4 Å². The molecule has 2 aliphatic rings. The maximum absolute atomic E-state index is 14.2. The second kappa shape index (κ2) is 15.1. The van der Waals surface area contributed by atoms with E-state index in [9.17, 15) is 23.1 Å². The van der Waals surface area contributed by atoms with Crippen LogP contribution in [0, 0.1) is 0 Å². The van der Waals surface area contributed by atoms with Crippen molar-refractivity contribution in [3.63, 3.8) is 0 Å². The summed E-state index contributed by atoms with van der Waals surface area (Å²) in [6.45, 7) is 12.0. The number of β-amino-alcohol motifs (C(OH)–C–C–N with tert-alkyl or cyclic N) is 1. The molecule has 4 N–H and O–H groups in total. The number of rotatable bonds is 11. The standard InChI is InChI=1S/C35H46N4O6S2/c1-22(40)19-36-35(5,6)18-32(41)37-28-21-46-30-17-24(45-7)13-15-29(30)39(33(28)42)20-23-12-14-26(31(16-23)47(43)44)25-10-8-9-11-27(25)38-34(2,3)4/h8-15,17,22,28,36,38,40H,16,18-21H2,1-7H3,(H,37,41)/t22-,28-/m1/s1. The molecular formula is C35H46N4O6S2. The topological polar surface area (TPSA) is 137 Å². The van der Waals surface area contributed by atoms with Gasteiger partial charge in [0.2, 0.25) is 16.2 Å². The number of carbonyl (C=O) groups excluding carboxylic acids is 2. The summed E-state index contributed by atoms with van der Waals surface area (Å²) in [7, 11) is -0.927. The van der Waals surface area contributed by atoms with Crippen molar-refractivity contribution in [2.75, 3.05) is 36.2 Å². The number of aliphatic hydroxyl groups is 1. The van der Waals surface area contributed by atoms with Gasteiger partial charge in [-0.15, -0.1) is 11.8 Å². The van der Waals surface area contributed by atoms with E-state index >= 15 is 0 Å². The molecule has 1 aliphatic carbocycles. The Morgan fingerprint density at radius 1 is 1.13 bits per heavy atom. The Kier molecular flexibility index (Phi) is 11.7. The Labute approximate surface area is 283 Å². The van der Waals surface area contributed by atoms with Gasteiger partial charge in [-0.25, -0.2) is 0 Å². The fourth-order valence-corrected chi connectivity index (χ4v) is 7.26. The van der Waals surface area contributed by atoms with Crippen LogP contribution in [0.1, 0.15) is 59.9 Å². The van der Waals surface area contributed by atoms with Crippen LogP contribution in [0.5, 0.6) is 5.75 Å². The highest BCUT2D eigenvalue weighted by Crippen LogP contribution is 2.38. The summed E-state index contributed by atoms with van der Waals surface area (Å²) < 4.78 is 30.7. The van der Waals surface area contributed by atoms with Gasteiger partial charge in [0.15, 0.2) is 0 Å². The number of anilines is 2. The molecule has 0 aromatic heterocycles. The zero-order chi connectivity index (χ0) is 34.5. The second-order valence-electron chi connectivity index (χ2n) is 13.6. The summed E-state index contributed by atoms with van der Waals surface area (Å²) in [6.07, 6.45) is 3.37. The van der Waals surface area contributed by atoms with Crippen molar-refractivity contribution >= 4 is 55.7 Å². The minimum atomic E-state index is -2.51. The maximum atomic E-state index is 14.2. The number of benzene rings is 2. The summed E-state index contributed by atoms with van der Waals surface area (Å²) in [4.78, 5) is 30.1. The number of nitrogens with zero attached hydrogens (tertiary/aromatic N) is 1. The molecule has 2 aromatic carbocycles. The lowest BCUT2D eigenvalue weighted by atomic mass is 9.91. The van der Waals surface area contributed by atoms with E-state index in [2.05, 4.69) is 16.0 Å². The fraction of sp³-hybridized carbons (Fsp3) is 0.457. The quantitative estimate of drug-likeness (QED) is 0.254. The van der Waals surface area contributed by atoms with Gasteiger partial charge in [0.1, 0.15) is 11.8 Å². The highest BCUT2D eigenvalue weighted by molar-refractivity contribution is 7.99. The number of thioether (sulfide) groups is 1. The lowest BCUT2D eigenvalue weighted by molar-refractivity contribution is -0.127. The molecule has 0 bridgehead atoms. The number of hydrogen-bond acceptors (Lipinski definition) is 9. The van der Waals surface area contributed by atoms with Gasteiger partial charge in [0.05, 0.1) is 23.8 Å². The summed E-state index contributed by atoms with van der Waals surface area (Å²) in [5.41, 5.74) is 2.79. The highest BCUT2D eigenvalue weighted by atomic mass is 32.2. The van der Waals surface area contributed by atoms with Crippen molar-refractivity contribution in [3.8, 4) is 5.75 Å². The summed E-state index contributed by atoms with van der Waals surface area (Å²) in [5.74, 6) is 0.372. The Bertz CT molecular complexity index is 1700. The molecule has 47 heavy (non-hydrogen) atoms. The number of hydrogen-bond donors (Lipinski definition) is 4. The molecule has 2 amide bonds. The van der Waals surface area contributed by atoms with E-state index in [1.54, 1.807) is 31.1 Å². The molecule has 1 heterocycles. The highest BCUT2D eigenvalue weighted by Gasteiger charge is 2.34. The number of nitrogens with one attached hydrogen (secondary N) is 3. The maximum Gasteiger partial charge on any atom is 0.250 e. The lowest BCUT2D eigenvalue weighted by Crippen LogP contribution is -2.52. The summed E-state index contributed by atoms with van der Waals surface area (Å²) >= 11 is 1.45. The number of fused-ring (bicyclic) bond motifs is 1. The molecule has 0 radical (unpaired) electrons. The third-order valence-corrected chi connectivity index (χ3v) is 9.61. The Hall–Kier alpha value is -3.58. The largest absolute Gasteiger partial charge is 0.497 e. The number of carbonyl (C=O) groups is 2. The van der Waals surface area contributed by atoms with Crippen LogP contribution >= 0.6 is 11.8 Å². The number of ether oxygens (including phenoxy) is 1. The Balaban J connectivity index is 1.66. The molecule has 2 atom stereocenters. The minimum Gasteiger partial charge on any atom is -0.497 e. The third kappa shape index (κ3) is 9.72. The molecule has 0 saturated carbocycles. The van der Waals surface area contributed by atoms with Crippen LogP contribution in [-0.2, 0) is 19.9 Å². The van der Waals surface area contributed by atoms with Crippen molar-refractivity contribution < 1.29 is 27.9 Å². The molecule has 1 aliphatic heterocycles. The summed E-state index contributed by atoms with van der Waals surface area (Å²) in [5, 5.41) is 19.3. The Morgan fingerprint density at radius 3 is 2.51 bits per heavy atom. The zero-order valence-electron chi connectivity index (χ0n) is 28.1. The smallest absolute Gasteiger partial charge is 0.250 e. The van der Waals surface area contributed by atoms with Crippen LogP contribution in [0.25, 0.3) is 5.57 Å². The molecule has 0 spiro atoms. The van der Waals surface area contributed by atoms with Gasteiger partial charge in [-0.1, -0.05) is 30.4 Å². The van der Waals surface area contributed by atoms with Crippen molar-refractivity contribution in [2.24, 2.45) is 0 Å². The number of allylic oxidation sites excluding steroid dienone is 3. The Morgan fingerprint density at radius 2 is 1.85 bits per heavy atom. The predicted octanol–water partition coefficient (Wildman–Crippen LogP) is 4.43. The van der Waals surface area contributed by atoms with Crippen LogP contribution in [0.15, 0.2) is 65.1 Å². The molecule has 4 rings (SSSR count). The first-order valence-electron chi connectivity index (χ1n) is 15.6. The van der Waals surface area contributed by atoms with Gasteiger partial charge in [0, 0.05) is 64.5 Å². The van der Waals surface area contributed by atoms with E-state index in [0.717, 1.165) is 21.7 Å². The average Bonchev–Trinajstić information content (AvgIpc) is 3.11. The van der Waals surface area contributed by atoms with Crippen molar-refractivity contribution in [2.45, 2.75) is 82.5 Å². The van der Waals surface area contributed by atoms with E-state index in [1.807, 2.05) is 77.1 Å². The van der Waals surface area contributed by atoms with Crippen LogP contribution in [-0.4, -0.2) is 79.4 Å².